The zero-order valence-electron chi connectivity index (χ0n) is 12.4. The van der Waals surface area contributed by atoms with Crippen LogP contribution in [0.15, 0.2) is 46.9 Å². The molecule has 0 amide bonds. The molecular formula is C15H15BrCl2NO3P. The van der Waals surface area contributed by atoms with Crippen molar-refractivity contribution in [2.75, 3.05) is 19.5 Å². The summed E-state index contributed by atoms with van der Waals surface area (Å²) >= 11 is 15.3. The number of halogens is 3. The minimum atomic E-state index is -3.42. The van der Waals surface area contributed by atoms with Crippen LogP contribution in [0.4, 0.5) is 5.69 Å². The van der Waals surface area contributed by atoms with Crippen LogP contribution in [-0.4, -0.2) is 14.2 Å². The van der Waals surface area contributed by atoms with Crippen LogP contribution >= 0.6 is 46.7 Å². The first-order valence-corrected chi connectivity index (χ1v) is 9.74. The van der Waals surface area contributed by atoms with E-state index in [1.165, 1.54) is 14.2 Å². The largest absolute Gasteiger partial charge is 0.368 e. The van der Waals surface area contributed by atoms with E-state index in [9.17, 15) is 4.57 Å². The van der Waals surface area contributed by atoms with Gasteiger partial charge in [0.05, 0.1) is 10.0 Å². The second-order valence-corrected chi connectivity index (χ2v) is 8.69. The fourth-order valence-electron chi connectivity index (χ4n) is 2.02. The Bertz CT molecular complexity index is 719. The molecule has 2 aromatic carbocycles. The SMILES string of the molecule is COP(=O)(OC)[C@@H](Nc1ccc(Cl)c(Cl)c1)c1ccc(Br)cc1. The molecule has 1 N–H and O–H groups in total. The first kappa shape index (κ1) is 18.8. The zero-order chi connectivity index (χ0) is 17.0. The molecular weight excluding hydrogens is 424 g/mol. The molecule has 0 spiro atoms. The van der Waals surface area contributed by atoms with Gasteiger partial charge in [-0.3, -0.25) is 4.57 Å². The van der Waals surface area contributed by atoms with Crippen LogP contribution in [0.5, 0.6) is 0 Å². The van der Waals surface area contributed by atoms with Crippen LogP contribution in [0.1, 0.15) is 11.3 Å². The van der Waals surface area contributed by atoms with Gasteiger partial charge >= 0.3 is 7.60 Å². The summed E-state index contributed by atoms with van der Waals surface area (Å²) in [7, 11) is -0.716. The molecule has 4 nitrogen and oxygen atoms in total. The Morgan fingerprint density at radius 2 is 1.65 bits per heavy atom. The molecule has 1 atom stereocenters. The molecule has 0 aliphatic carbocycles. The topological polar surface area (TPSA) is 47.6 Å². The number of rotatable bonds is 6. The normalized spacial score (nSPS) is 12.9. The molecule has 0 aromatic heterocycles. The zero-order valence-corrected chi connectivity index (χ0v) is 16.4. The van der Waals surface area contributed by atoms with Crippen molar-refractivity contribution in [1.29, 1.82) is 0 Å². The maximum absolute atomic E-state index is 12.9. The van der Waals surface area contributed by atoms with E-state index in [2.05, 4.69) is 21.2 Å². The summed E-state index contributed by atoms with van der Waals surface area (Å²) in [5.41, 5.74) is 1.41. The van der Waals surface area contributed by atoms with Gasteiger partial charge in [0.15, 0.2) is 5.78 Å². The van der Waals surface area contributed by atoms with Crippen LogP contribution in [0.2, 0.25) is 10.0 Å². The van der Waals surface area contributed by atoms with E-state index in [0.29, 0.717) is 15.7 Å². The number of hydrogen-bond donors (Lipinski definition) is 1. The van der Waals surface area contributed by atoms with Crippen molar-refractivity contribution in [3.8, 4) is 0 Å². The molecule has 0 saturated carbocycles. The minimum Gasteiger partial charge on any atom is -0.368 e. The molecule has 8 heteroatoms. The van der Waals surface area contributed by atoms with Crippen molar-refractivity contribution in [3.63, 3.8) is 0 Å². The summed E-state index contributed by atoms with van der Waals surface area (Å²) in [5, 5.41) is 4.00. The Hall–Kier alpha value is -0.550. The summed E-state index contributed by atoms with van der Waals surface area (Å²) in [6.45, 7) is 0. The van der Waals surface area contributed by atoms with Gasteiger partial charge in [0, 0.05) is 24.4 Å². The van der Waals surface area contributed by atoms with Crippen molar-refractivity contribution < 1.29 is 13.6 Å². The lowest BCUT2D eigenvalue weighted by Crippen LogP contribution is -2.13. The first-order valence-electron chi connectivity index (χ1n) is 6.58. The Balaban J connectivity index is 2.42. The third-order valence-electron chi connectivity index (χ3n) is 3.23. The third kappa shape index (κ3) is 4.50. The Morgan fingerprint density at radius 3 is 2.17 bits per heavy atom. The standard InChI is InChI=1S/C15H15BrCl2NO3P/c1-21-23(20,22-2)15(10-3-5-11(16)6-4-10)19-12-7-8-13(17)14(18)9-12/h3-9,15,19H,1-2H3/t15-/m1/s1. The summed E-state index contributed by atoms with van der Waals surface area (Å²) in [5.74, 6) is -0.692. The molecule has 0 bridgehead atoms. The highest BCUT2D eigenvalue weighted by Gasteiger charge is 2.35. The molecule has 2 aromatic rings. The number of nitrogens with one attached hydrogen (secondary N) is 1. The summed E-state index contributed by atoms with van der Waals surface area (Å²) in [4.78, 5) is 0. The second-order valence-electron chi connectivity index (χ2n) is 4.63. The fraction of sp³-hybridized carbons (Fsp3) is 0.200. The Kier molecular flexibility index (Phi) is 6.55. The maximum atomic E-state index is 12.9. The predicted molar refractivity (Wildman–Crippen MR) is 98.6 cm³/mol. The van der Waals surface area contributed by atoms with Crippen molar-refractivity contribution in [2.45, 2.75) is 5.78 Å². The van der Waals surface area contributed by atoms with E-state index in [4.69, 9.17) is 32.2 Å². The van der Waals surface area contributed by atoms with Gasteiger partial charge in [0.1, 0.15) is 0 Å². The van der Waals surface area contributed by atoms with Crippen LogP contribution in [0.25, 0.3) is 0 Å². The first-order chi connectivity index (χ1) is 10.9. The van der Waals surface area contributed by atoms with Gasteiger partial charge in [-0.2, -0.15) is 0 Å². The second kappa shape index (κ2) is 8.02. The van der Waals surface area contributed by atoms with Crippen LogP contribution in [-0.2, 0) is 13.6 Å². The van der Waals surface area contributed by atoms with Gasteiger partial charge in [0.25, 0.3) is 0 Å². The van der Waals surface area contributed by atoms with Crippen molar-refractivity contribution in [1.82, 2.24) is 0 Å². The summed E-state index contributed by atoms with van der Waals surface area (Å²) in [6.07, 6.45) is 0. The van der Waals surface area contributed by atoms with Gasteiger partial charge in [-0.1, -0.05) is 51.3 Å². The van der Waals surface area contributed by atoms with E-state index < -0.39 is 13.4 Å². The van der Waals surface area contributed by atoms with Crippen LogP contribution in [0, 0.1) is 0 Å². The molecule has 0 aliphatic heterocycles. The average molecular weight is 439 g/mol. The van der Waals surface area contributed by atoms with Gasteiger partial charge in [-0.05, 0) is 35.9 Å². The Morgan fingerprint density at radius 1 is 1.04 bits per heavy atom. The fourth-order valence-corrected chi connectivity index (χ4v) is 4.00. The highest BCUT2D eigenvalue weighted by Crippen LogP contribution is 2.59. The highest BCUT2D eigenvalue weighted by molar-refractivity contribution is 9.10. The minimum absolute atomic E-state index is 0.399. The van der Waals surface area contributed by atoms with Crippen molar-refractivity contribution in [2.24, 2.45) is 0 Å². The van der Waals surface area contributed by atoms with Gasteiger partial charge in [0.2, 0.25) is 0 Å². The molecule has 2 rings (SSSR count). The van der Waals surface area contributed by atoms with Crippen molar-refractivity contribution >= 4 is 52.4 Å². The molecule has 0 aliphatic rings. The molecule has 0 saturated heterocycles. The van der Waals surface area contributed by atoms with E-state index in [-0.39, 0.29) is 0 Å². The van der Waals surface area contributed by atoms with E-state index in [1.807, 2.05) is 24.3 Å². The number of anilines is 1. The van der Waals surface area contributed by atoms with Crippen molar-refractivity contribution in [3.05, 3.63) is 62.5 Å². The van der Waals surface area contributed by atoms with E-state index >= 15 is 0 Å². The monoisotopic (exact) mass is 437 g/mol. The number of benzene rings is 2. The molecule has 0 fully saturated rings. The lowest BCUT2D eigenvalue weighted by atomic mass is 10.2. The third-order valence-corrected chi connectivity index (χ3v) is 6.58. The predicted octanol–water partition coefficient (Wildman–Crippen LogP) is 6.35. The highest BCUT2D eigenvalue weighted by atomic mass is 79.9. The van der Waals surface area contributed by atoms with Crippen LogP contribution in [0.3, 0.4) is 0 Å². The Labute approximate surface area is 153 Å². The number of hydrogen-bond acceptors (Lipinski definition) is 4. The molecule has 0 heterocycles. The quantitative estimate of drug-likeness (QED) is 0.533. The van der Waals surface area contributed by atoms with Crippen LogP contribution < -0.4 is 5.32 Å². The van der Waals surface area contributed by atoms with Gasteiger partial charge < -0.3 is 14.4 Å². The summed E-state index contributed by atoms with van der Waals surface area (Å²) in [6, 6.07) is 12.5. The molecule has 0 unspecified atom stereocenters. The molecule has 23 heavy (non-hydrogen) atoms. The van der Waals surface area contributed by atoms with E-state index in [0.717, 1.165) is 10.0 Å². The van der Waals surface area contributed by atoms with Gasteiger partial charge in [-0.15, -0.1) is 0 Å². The van der Waals surface area contributed by atoms with Gasteiger partial charge in [-0.25, -0.2) is 0 Å². The lowest BCUT2D eigenvalue weighted by molar-refractivity contribution is 0.268. The smallest absolute Gasteiger partial charge is 0.356 e. The average Bonchev–Trinajstić information content (AvgIpc) is 2.56. The molecule has 124 valence electrons. The molecule has 0 radical (unpaired) electrons. The van der Waals surface area contributed by atoms with E-state index in [1.54, 1.807) is 18.2 Å². The summed E-state index contributed by atoms with van der Waals surface area (Å²) < 4.78 is 24.2. The lowest BCUT2D eigenvalue weighted by Gasteiger charge is -2.26. The maximum Gasteiger partial charge on any atom is 0.356 e.